The van der Waals surface area contributed by atoms with Crippen LogP contribution >= 0.6 is 0 Å². The Labute approximate surface area is 154 Å². The molecule has 2 aromatic rings. The maximum atomic E-state index is 9.51. The van der Waals surface area contributed by atoms with Gasteiger partial charge in [-0.3, -0.25) is 4.90 Å². The first-order chi connectivity index (χ1) is 12.7. The van der Waals surface area contributed by atoms with E-state index in [1.807, 2.05) is 6.07 Å². The Balaban J connectivity index is 1.31. The van der Waals surface area contributed by atoms with Crippen molar-refractivity contribution in [2.45, 2.75) is 50.3 Å². The van der Waals surface area contributed by atoms with Gasteiger partial charge in [0.15, 0.2) is 0 Å². The number of benzene rings is 1. The molecule has 1 aliphatic heterocycles. The second kappa shape index (κ2) is 7.60. The van der Waals surface area contributed by atoms with Gasteiger partial charge in [0.1, 0.15) is 5.82 Å². The summed E-state index contributed by atoms with van der Waals surface area (Å²) in [6.07, 6.45) is 3.53. The first kappa shape index (κ1) is 17.2. The molecule has 6 heteroatoms. The van der Waals surface area contributed by atoms with Gasteiger partial charge in [-0.25, -0.2) is 4.98 Å². The molecule has 0 amide bonds. The SMILES string of the molecule is Nc1nc(NC2CCN(Cc3ccccc3)CC2)cc(C2CC(O)C2)n1. The summed E-state index contributed by atoms with van der Waals surface area (Å²) in [5.41, 5.74) is 8.21. The fraction of sp³-hybridized carbons (Fsp3) is 0.500. The second-order valence-corrected chi connectivity index (χ2v) is 7.54. The van der Waals surface area contributed by atoms with Crippen molar-refractivity contribution in [1.29, 1.82) is 0 Å². The maximum Gasteiger partial charge on any atom is 0.222 e. The van der Waals surface area contributed by atoms with E-state index >= 15 is 0 Å². The van der Waals surface area contributed by atoms with Gasteiger partial charge >= 0.3 is 0 Å². The highest BCUT2D eigenvalue weighted by atomic mass is 16.3. The van der Waals surface area contributed by atoms with Crippen molar-refractivity contribution in [2.24, 2.45) is 0 Å². The van der Waals surface area contributed by atoms with Crippen LogP contribution in [0.15, 0.2) is 36.4 Å². The highest BCUT2D eigenvalue weighted by Crippen LogP contribution is 2.36. The molecule has 6 nitrogen and oxygen atoms in total. The van der Waals surface area contributed by atoms with Crippen molar-refractivity contribution in [3.05, 3.63) is 47.7 Å². The number of nitrogens with zero attached hydrogens (tertiary/aromatic N) is 3. The van der Waals surface area contributed by atoms with E-state index in [0.29, 0.717) is 17.9 Å². The summed E-state index contributed by atoms with van der Waals surface area (Å²) >= 11 is 0. The zero-order valence-corrected chi connectivity index (χ0v) is 15.0. The highest BCUT2D eigenvalue weighted by Gasteiger charge is 2.30. The van der Waals surface area contributed by atoms with Crippen LogP contribution in [0, 0.1) is 0 Å². The zero-order chi connectivity index (χ0) is 17.9. The monoisotopic (exact) mass is 353 g/mol. The average Bonchev–Trinajstić information content (AvgIpc) is 2.61. The lowest BCUT2D eigenvalue weighted by Crippen LogP contribution is -2.38. The highest BCUT2D eigenvalue weighted by molar-refractivity contribution is 5.43. The Hall–Kier alpha value is -2.18. The molecular weight excluding hydrogens is 326 g/mol. The van der Waals surface area contributed by atoms with Crippen LogP contribution in [0.1, 0.15) is 42.9 Å². The van der Waals surface area contributed by atoms with Gasteiger partial charge in [-0.1, -0.05) is 30.3 Å². The third kappa shape index (κ3) is 4.14. The third-order valence-electron chi connectivity index (χ3n) is 5.48. The Morgan fingerprint density at radius 2 is 1.85 bits per heavy atom. The quantitative estimate of drug-likeness (QED) is 0.765. The second-order valence-electron chi connectivity index (χ2n) is 7.54. The first-order valence-corrected chi connectivity index (χ1v) is 9.51. The van der Waals surface area contributed by atoms with Gasteiger partial charge in [-0.2, -0.15) is 4.98 Å². The number of anilines is 2. The molecule has 0 spiro atoms. The lowest BCUT2D eigenvalue weighted by molar-refractivity contribution is 0.0732. The van der Waals surface area contributed by atoms with Crippen LogP contribution in [0.5, 0.6) is 0 Å². The molecule has 0 bridgehead atoms. The van der Waals surface area contributed by atoms with Crippen LogP contribution in [-0.4, -0.2) is 45.2 Å². The molecule has 26 heavy (non-hydrogen) atoms. The number of nitrogens with two attached hydrogens (primary N) is 1. The molecule has 2 fully saturated rings. The Kier molecular flexibility index (Phi) is 5.04. The largest absolute Gasteiger partial charge is 0.393 e. The van der Waals surface area contributed by atoms with Crippen molar-refractivity contribution >= 4 is 11.8 Å². The van der Waals surface area contributed by atoms with E-state index in [9.17, 15) is 5.11 Å². The van der Waals surface area contributed by atoms with Crippen molar-refractivity contribution in [3.63, 3.8) is 0 Å². The summed E-state index contributed by atoms with van der Waals surface area (Å²) < 4.78 is 0. The minimum Gasteiger partial charge on any atom is -0.393 e. The Bertz CT molecular complexity index is 724. The van der Waals surface area contributed by atoms with Crippen molar-refractivity contribution in [1.82, 2.24) is 14.9 Å². The van der Waals surface area contributed by atoms with E-state index in [4.69, 9.17) is 5.73 Å². The number of aliphatic hydroxyl groups is 1. The molecule has 1 saturated carbocycles. The first-order valence-electron chi connectivity index (χ1n) is 9.51. The Morgan fingerprint density at radius 3 is 2.54 bits per heavy atom. The van der Waals surface area contributed by atoms with E-state index in [-0.39, 0.29) is 6.10 Å². The van der Waals surface area contributed by atoms with Crippen molar-refractivity contribution < 1.29 is 5.11 Å². The average molecular weight is 353 g/mol. The number of piperidine rings is 1. The minimum absolute atomic E-state index is 0.193. The number of hydrogen-bond donors (Lipinski definition) is 3. The molecule has 138 valence electrons. The number of aliphatic hydroxyl groups excluding tert-OH is 1. The standard InChI is InChI=1S/C20H27N5O/c21-20-23-18(15-10-17(26)11-15)12-19(24-20)22-16-6-8-25(9-7-16)13-14-4-2-1-3-5-14/h1-5,12,15-17,26H,6-11,13H2,(H3,21,22,23,24). The van der Waals surface area contributed by atoms with Crippen LogP contribution in [0.3, 0.4) is 0 Å². The van der Waals surface area contributed by atoms with Crippen molar-refractivity contribution in [3.8, 4) is 0 Å². The number of aromatic nitrogens is 2. The molecule has 1 saturated heterocycles. The molecule has 0 unspecified atom stereocenters. The summed E-state index contributed by atoms with van der Waals surface area (Å²) in [6.45, 7) is 3.17. The number of hydrogen-bond acceptors (Lipinski definition) is 6. The van der Waals surface area contributed by atoms with E-state index in [2.05, 4.69) is 50.5 Å². The van der Waals surface area contributed by atoms with Crippen LogP contribution in [-0.2, 0) is 6.54 Å². The zero-order valence-electron chi connectivity index (χ0n) is 15.0. The molecule has 2 heterocycles. The molecule has 1 aliphatic carbocycles. The fourth-order valence-corrected chi connectivity index (χ4v) is 3.88. The lowest BCUT2D eigenvalue weighted by Gasteiger charge is -2.33. The number of rotatable bonds is 5. The lowest BCUT2D eigenvalue weighted by atomic mass is 9.80. The normalized spacial score (nSPS) is 24.2. The van der Waals surface area contributed by atoms with E-state index in [0.717, 1.165) is 56.8 Å². The van der Waals surface area contributed by atoms with E-state index in [1.165, 1.54) is 5.56 Å². The summed E-state index contributed by atoms with van der Waals surface area (Å²) in [6, 6.07) is 13.1. The molecule has 4 rings (SSSR count). The molecule has 0 radical (unpaired) electrons. The van der Waals surface area contributed by atoms with E-state index in [1.54, 1.807) is 0 Å². The van der Waals surface area contributed by atoms with Crippen LogP contribution in [0.2, 0.25) is 0 Å². The predicted molar refractivity (Wildman–Crippen MR) is 103 cm³/mol. The third-order valence-corrected chi connectivity index (χ3v) is 5.48. The van der Waals surface area contributed by atoms with Gasteiger partial charge in [-0.15, -0.1) is 0 Å². The van der Waals surface area contributed by atoms with Crippen molar-refractivity contribution in [2.75, 3.05) is 24.1 Å². The number of nitrogens with one attached hydrogen (secondary N) is 1. The molecule has 1 aromatic heterocycles. The molecule has 2 aliphatic rings. The van der Waals surface area contributed by atoms with Crippen LogP contribution < -0.4 is 11.1 Å². The van der Waals surface area contributed by atoms with Crippen LogP contribution in [0.4, 0.5) is 11.8 Å². The number of likely N-dealkylation sites (tertiary alicyclic amines) is 1. The smallest absolute Gasteiger partial charge is 0.222 e. The van der Waals surface area contributed by atoms with Gasteiger partial charge in [0.2, 0.25) is 5.95 Å². The molecular formula is C20H27N5O. The van der Waals surface area contributed by atoms with Gasteiger partial charge in [-0.05, 0) is 31.2 Å². The number of nitrogen functional groups attached to an aromatic ring is 1. The summed E-state index contributed by atoms with van der Waals surface area (Å²) in [7, 11) is 0. The fourth-order valence-electron chi connectivity index (χ4n) is 3.88. The van der Waals surface area contributed by atoms with Crippen LogP contribution in [0.25, 0.3) is 0 Å². The predicted octanol–water partition coefficient (Wildman–Crippen LogP) is 2.37. The van der Waals surface area contributed by atoms with Gasteiger partial charge in [0.25, 0.3) is 0 Å². The topological polar surface area (TPSA) is 87.3 Å². The summed E-state index contributed by atoms with van der Waals surface area (Å²) in [4.78, 5) is 11.2. The Morgan fingerprint density at radius 1 is 1.12 bits per heavy atom. The maximum absolute atomic E-state index is 9.51. The summed E-state index contributed by atoms with van der Waals surface area (Å²) in [5.74, 6) is 1.44. The molecule has 4 N–H and O–H groups in total. The molecule has 1 aromatic carbocycles. The van der Waals surface area contributed by atoms with Gasteiger partial charge in [0, 0.05) is 37.7 Å². The molecule has 0 atom stereocenters. The van der Waals surface area contributed by atoms with Gasteiger partial charge < -0.3 is 16.2 Å². The minimum atomic E-state index is -0.193. The summed E-state index contributed by atoms with van der Waals surface area (Å²) in [5, 5.41) is 13.1. The van der Waals surface area contributed by atoms with Gasteiger partial charge in [0.05, 0.1) is 11.8 Å². The van der Waals surface area contributed by atoms with E-state index < -0.39 is 0 Å².